The fourth-order valence-electron chi connectivity index (χ4n) is 8.43. The van der Waals surface area contributed by atoms with E-state index in [1.807, 2.05) is 89.8 Å². The summed E-state index contributed by atoms with van der Waals surface area (Å²) in [6.45, 7) is -0.323. The van der Waals surface area contributed by atoms with E-state index < -0.39 is 53.4 Å². The molecule has 3 aliphatic rings. The van der Waals surface area contributed by atoms with Gasteiger partial charge in [-0.05, 0) is 65.2 Å². The third-order valence-corrected chi connectivity index (χ3v) is 10.6. The molecule has 5 aromatic carbocycles. The smallest absolute Gasteiger partial charge is 0.325 e. The number of amides is 1. The number of aliphatic hydroxyl groups is 1. The quantitative estimate of drug-likeness (QED) is 0.134. The number of benzene rings is 5. The van der Waals surface area contributed by atoms with Gasteiger partial charge in [-0.2, -0.15) is 0 Å². The summed E-state index contributed by atoms with van der Waals surface area (Å²) in [5, 5.41) is 24.1. The van der Waals surface area contributed by atoms with Gasteiger partial charge in [0.05, 0.1) is 25.8 Å². The second kappa shape index (κ2) is 14.2. The maximum atomic E-state index is 15.0. The second-order valence-corrected chi connectivity index (χ2v) is 13.4. The van der Waals surface area contributed by atoms with Gasteiger partial charge < -0.3 is 29.7 Å². The van der Waals surface area contributed by atoms with Crippen molar-refractivity contribution >= 4 is 23.5 Å². The minimum Gasteiger partial charge on any atom is -0.497 e. The number of cyclic esters (lactones) is 1. The number of hydrogen-bond acceptors (Lipinski definition) is 8. The lowest BCUT2D eigenvalue weighted by molar-refractivity contribution is -0.179. The van der Waals surface area contributed by atoms with Gasteiger partial charge in [-0.25, -0.2) is 0 Å². The molecular formula is C44H36N2O8. The lowest BCUT2D eigenvalue weighted by Crippen LogP contribution is -2.52. The van der Waals surface area contributed by atoms with Crippen molar-refractivity contribution in [3.05, 3.63) is 161 Å². The Kier molecular flexibility index (Phi) is 9.11. The summed E-state index contributed by atoms with van der Waals surface area (Å²) in [7, 11) is 1.59. The summed E-state index contributed by atoms with van der Waals surface area (Å²) < 4.78 is 17.7. The predicted molar refractivity (Wildman–Crippen MR) is 199 cm³/mol. The van der Waals surface area contributed by atoms with E-state index in [0.717, 1.165) is 11.1 Å². The number of hydrogen-bond donors (Lipinski definition) is 3. The van der Waals surface area contributed by atoms with Crippen LogP contribution in [0.15, 0.2) is 127 Å². The third-order valence-electron chi connectivity index (χ3n) is 10.6. The summed E-state index contributed by atoms with van der Waals surface area (Å²) in [4.78, 5) is 45.3. The molecule has 0 aromatic heterocycles. The molecule has 6 unspecified atom stereocenters. The Morgan fingerprint density at radius 2 is 1.48 bits per heavy atom. The Bertz CT molecular complexity index is 2280. The summed E-state index contributed by atoms with van der Waals surface area (Å²) >= 11 is 0. The van der Waals surface area contributed by atoms with Crippen molar-refractivity contribution in [1.29, 1.82) is 0 Å². The lowest BCUT2D eigenvalue weighted by Gasteiger charge is -2.46. The van der Waals surface area contributed by atoms with Gasteiger partial charge in [0.1, 0.15) is 41.6 Å². The maximum Gasteiger partial charge on any atom is 0.325 e. The highest BCUT2D eigenvalue weighted by atomic mass is 16.6. The number of aliphatic hydroxyl groups excluding tert-OH is 1. The average Bonchev–Trinajstić information content (AvgIpc) is 3.68. The molecule has 0 radical (unpaired) electrons. The molecule has 3 aliphatic heterocycles. The van der Waals surface area contributed by atoms with E-state index in [1.54, 1.807) is 49.6 Å². The van der Waals surface area contributed by atoms with Gasteiger partial charge in [-0.15, -0.1) is 0 Å². The fourth-order valence-corrected chi connectivity index (χ4v) is 8.43. The van der Waals surface area contributed by atoms with Crippen LogP contribution in [0.25, 0.3) is 0 Å². The molecule has 2 fully saturated rings. The molecule has 3 N–H and O–H groups in total. The lowest BCUT2D eigenvalue weighted by atomic mass is 9.65. The van der Waals surface area contributed by atoms with Crippen LogP contribution >= 0.6 is 0 Å². The Morgan fingerprint density at radius 1 is 0.833 bits per heavy atom. The Balaban J connectivity index is 1.40. The van der Waals surface area contributed by atoms with E-state index in [4.69, 9.17) is 14.2 Å². The first-order chi connectivity index (χ1) is 26.4. The molecule has 1 amide bonds. The number of ether oxygens (including phenoxy) is 3. The summed E-state index contributed by atoms with van der Waals surface area (Å²) in [5.74, 6) is 3.12. The van der Waals surface area contributed by atoms with Crippen molar-refractivity contribution in [1.82, 2.24) is 4.90 Å². The number of anilines is 1. The average molecular weight is 721 g/mol. The fraction of sp³-hybridized carbons (Fsp3) is 0.205. The number of carboxylic acid groups (broad SMARTS) is 1. The molecule has 0 aliphatic carbocycles. The highest BCUT2D eigenvalue weighted by Gasteiger charge is 2.74. The van der Waals surface area contributed by atoms with Gasteiger partial charge in [0.25, 0.3) is 0 Å². The van der Waals surface area contributed by atoms with E-state index in [0.29, 0.717) is 39.4 Å². The molecule has 10 heteroatoms. The Labute approximate surface area is 311 Å². The van der Waals surface area contributed by atoms with Gasteiger partial charge in [0.2, 0.25) is 5.91 Å². The zero-order valence-corrected chi connectivity index (χ0v) is 29.2. The zero-order valence-electron chi connectivity index (χ0n) is 29.2. The maximum absolute atomic E-state index is 15.0. The van der Waals surface area contributed by atoms with E-state index >= 15 is 0 Å². The molecule has 2 saturated heterocycles. The van der Waals surface area contributed by atoms with Crippen molar-refractivity contribution in [2.45, 2.75) is 29.6 Å². The molecule has 10 nitrogen and oxygen atoms in total. The summed E-state index contributed by atoms with van der Waals surface area (Å²) in [6.07, 6.45) is -0.861. The molecule has 6 atom stereocenters. The van der Waals surface area contributed by atoms with Crippen LogP contribution in [0, 0.1) is 17.8 Å². The van der Waals surface area contributed by atoms with Crippen LogP contribution in [0.5, 0.6) is 11.5 Å². The molecule has 1 spiro atoms. The number of nitrogens with zero attached hydrogens (tertiary/aromatic N) is 1. The Hall–Kier alpha value is -6.41. The normalized spacial score (nSPS) is 24.1. The first kappa shape index (κ1) is 34.7. The number of para-hydroxylation sites is 1. The van der Waals surface area contributed by atoms with Crippen molar-refractivity contribution in [2.75, 3.05) is 25.6 Å². The third kappa shape index (κ3) is 5.66. The van der Waals surface area contributed by atoms with Gasteiger partial charge in [0, 0.05) is 22.4 Å². The first-order valence-electron chi connectivity index (χ1n) is 17.6. The number of carbonyl (C=O) groups excluding carboxylic acids is 2. The van der Waals surface area contributed by atoms with E-state index in [1.165, 1.54) is 0 Å². The van der Waals surface area contributed by atoms with Gasteiger partial charge in [0.15, 0.2) is 0 Å². The monoisotopic (exact) mass is 720 g/mol. The molecule has 54 heavy (non-hydrogen) atoms. The number of carbonyl (C=O) groups is 3. The van der Waals surface area contributed by atoms with Crippen LogP contribution in [0.1, 0.15) is 51.6 Å². The van der Waals surface area contributed by atoms with Crippen LogP contribution < -0.4 is 14.8 Å². The van der Waals surface area contributed by atoms with E-state index in [2.05, 4.69) is 17.2 Å². The van der Waals surface area contributed by atoms with Gasteiger partial charge in [-0.1, -0.05) is 90.7 Å². The number of methoxy groups -OCH3 is 1. The number of rotatable bonds is 8. The molecule has 5 aromatic rings. The second-order valence-electron chi connectivity index (χ2n) is 13.4. The van der Waals surface area contributed by atoms with Crippen molar-refractivity contribution in [3.8, 4) is 23.3 Å². The summed E-state index contributed by atoms with van der Waals surface area (Å²) in [5.41, 5.74) is 2.18. The van der Waals surface area contributed by atoms with E-state index in [9.17, 15) is 24.6 Å². The largest absolute Gasteiger partial charge is 0.497 e. The topological polar surface area (TPSA) is 135 Å². The molecule has 0 saturated carbocycles. The van der Waals surface area contributed by atoms with Crippen molar-refractivity contribution < 1.29 is 38.8 Å². The zero-order chi connectivity index (χ0) is 37.4. The number of fused-ring (bicyclic) bond motifs is 3. The number of carboxylic acids is 1. The standard InChI is InChI=1S/C44H36N2O8/c1-52-31-21-18-27(19-22-31)16-17-28-20-23-34-33(26-28)44(43(51)45-34)36(41(48)49)38-42(50)54-39(30-12-6-3-7-13-30)37(29-10-4-2-5-11-29)46(38)40(44)32-14-8-9-15-35(32)53-25-24-47/h2-15,18-23,26,36-40,47H,24-25H2,1H3,(H,45,51)(H,48,49). The van der Waals surface area contributed by atoms with Crippen molar-refractivity contribution in [2.24, 2.45) is 5.92 Å². The molecule has 3 heterocycles. The van der Waals surface area contributed by atoms with Crippen LogP contribution in [-0.4, -0.2) is 59.3 Å². The number of morpholine rings is 1. The molecule has 270 valence electrons. The minimum atomic E-state index is -1.88. The van der Waals surface area contributed by atoms with Crippen LogP contribution in [-0.2, 0) is 24.5 Å². The molecular weight excluding hydrogens is 684 g/mol. The molecule has 0 bridgehead atoms. The highest BCUT2D eigenvalue weighted by molar-refractivity contribution is 6.11. The highest BCUT2D eigenvalue weighted by Crippen LogP contribution is 2.65. The predicted octanol–water partition coefficient (Wildman–Crippen LogP) is 5.82. The van der Waals surface area contributed by atoms with Crippen molar-refractivity contribution in [3.63, 3.8) is 0 Å². The Morgan fingerprint density at radius 3 is 2.17 bits per heavy atom. The van der Waals surface area contributed by atoms with E-state index in [-0.39, 0.29) is 13.2 Å². The van der Waals surface area contributed by atoms with Crippen LogP contribution in [0.2, 0.25) is 0 Å². The molecule has 8 rings (SSSR count). The SMILES string of the molecule is COc1ccc(C#Cc2ccc3c(c2)C2(C(=O)N3)C(C(=O)O)C3C(=O)OC(c4ccccc4)C(c4ccccc4)N3C2c2ccccc2OCCO)cc1. The number of esters is 1. The summed E-state index contributed by atoms with van der Waals surface area (Å²) in [6, 6.07) is 35.2. The first-order valence-corrected chi connectivity index (χ1v) is 17.6. The minimum absolute atomic E-state index is 0.0484. The number of nitrogens with one attached hydrogen (secondary N) is 1. The van der Waals surface area contributed by atoms with Crippen LogP contribution in [0.4, 0.5) is 5.69 Å². The van der Waals surface area contributed by atoms with Crippen LogP contribution in [0.3, 0.4) is 0 Å². The number of aliphatic carboxylic acids is 1. The van der Waals surface area contributed by atoms with Gasteiger partial charge in [-0.3, -0.25) is 19.3 Å². The van der Waals surface area contributed by atoms with Gasteiger partial charge >= 0.3 is 11.9 Å².